The first kappa shape index (κ1) is 21.1. The van der Waals surface area contributed by atoms with Gasteiger partial charge in [0, 0.05) is 23.5 Å². The van der Waals surface area contributed by atoms with Crippen molar-refractivity contribution in [1.82, 2.24) is 24.9 Å². The van der Waals surface area contributed by atoms with Gasteiger partial charge in [-0.2, -0.15) is 10.1 Å². The van der Waals surface area contributed by atoms with Crippen LogP contribution in [0.15, 0.2) is 69.8 Å². The van der Waals surface area contributed by atoms with Crippen LogP contribution in [0.4, 0.5) is 5.69 Å². The van der Waals surface area contributed by atoms with Crippen molar-refractivity contribution in [2.75, 3.05) is 5.32 Å². The molecule has 1 amide bonds. The summed E-state index contributed by atoms with van der Waals surface area (Å²) < 4.78 is 18.1. The minimum atomic E-state index is -0.406. The van der Waals surface area contributed by atoms with E-state index in [9.17, 15) is 4.79 Å². The van der Waals surface area contributed by atoms with Gasteiger partial charge >= 0.3 is 0 Å². The van der Waals surface area contributed by atoms with Crippen molar-refractivity contribution < 1.29 is 18.5 Å². The third-order valence-corrected chi connectivity index (χ3v) is 4.87. The van der Waals surface area contributed by atoms with E-state index in [0.717, 1.165) is 11.4 Å². The number of aromatic nitrogens is 5. The first-order chi connectivity index (χ1) is 16.4. The molecule has 0 saturated carbocycles. The molecule has 0 atom stereocenters. The van der Waals surface area contributed by atoms with E-state index < -0.39 is 5.91 Å². The lowest BCUT2D eigenvalue weighted by Gasteiger charge is -2.09. The monoisotopic (exact) mass is 456 g/mol. The first-order valence-corrected chi connectivity index (χ1v) is 10.4. The maximum absolute atomic E-state index is 12.5. The van der Waals surface area contributed by atoms with Crippen molar-refractivity contribution in [2.45, 2.75) is 20.8 Å². The van der Waals surface area contributed by atoms with Crippen molar-refractivity contribution in [3.8, 4) is 29.0 Å². The molecular weight excluding hydrogens is 436 g/mol. The zero-order valence-electron chi connectivity index (χ0n) is 18.6. The molecule has 0 unspecified atom stereocenters. The molecule has 10 nitrogen and oxygen atoms in total. The maximum atomic E-state index is 12.5. The van der Waals surface area contributed by atoms with Crippen LogP contribution in [0.1, 0.15) is 27.7 Å². The second-order valence-electron chi connectivity index (χ2n) is 7.58. The van der Waals surface area contributed by atoms with Gasteiger partial charge < -0.3 is 19.0 Å². The lowest BCUT2D eigenvalue weighted by Crippen LogP contribution is -2.12. The van der Waals surface area contributed by atoms with Crippen LogP contribution in [0, 0.1) is 20.8 Å². The van der Waals surface area contributed by atoms with E-state index in [1.165, 1.54) is 12.3 Å². The van der Waals surface area contributed by atoms with Crippen LogP contribution < -0.4 is 10.1 Å². The number of hydrogen-bond donors (Lipinski definition) is 1. The predicted molar refractivity (Wildman–Crippen MR) is 122 cm³/mol. The summed E-state index contributed by atoms with van der Waals surface area (Å²) >= 11 is 0. The number of hydrogen-bond acceptors (Lipinski definition) is 8. The Morgan fingerprint density at radius 2 is 1.82 bits per heavy atom. The molecule has 0 radical (unpaired) electrons. The van der Waals surface area contributed by atoms with Crippen molar-refractivity contribution in [3.05, 3.63) is 83.8 Å². The minimum Gasteiger partial charge on any atom is -0.461 e. The molecule has 170 valence electrons. The SMILES string of the molecule is Cc1cc(C)n(-c2cc(Oc3ccc(NC(=O)c4cc(-c5ccco5)on4)cc3)nc(C)n2)n1. The van der Waals surface area contributed by atoms with Crippen molar-refractivity contribution >= 4 is 11.6 Å². The summed E-state index contributed by atoms with van der Waals surface area (Å²) in [5.74, 6) is 2.59. The van der Waals surface area contributed by atoms with Crippen LogP contribution in [-0.2, 0) is 0 Å². The van der Waals surface area contributed by atoms with Gasteiger partial charge in [0.05, 0.1) is 12.0 Å². The Balaban J connectivity index is 1.28. The van der Waals surface area contributed by atoms with E-state index in [0.29, 0.717) is 40.5 Å². The Bertz CT molecular complexity index is 1450. The zero-order valence-corrected chi connectivity index (χ0v) is 18.6. The van der Waals surface area contributed by atoms with E-state index in [2.05, 4.69) is 25.5 Å². The number of nitrogens with zero attached hydrogens (tertiary/aromatic N) is 5. The number of amides is 1. The Morgan fingerprint density at radius 1 is 1.00 bits per heavy atom. The van der Waals surface area contributed by atoms with Crippen molar-refractivity contribution in [1.29, 1.82) is 0 Å². The predicted octanol–water partition coefficient (Wildman–Crippen LogP) is 4.88. The lowest BCUT2D eigenvalue weighted by molar-refractivity contribution is 0.101. The largest absolute Gasteiger partial charge is 0.461 e. The van der Waals surface area contributed by atoms with Crippen LogP contribution in [-0.4, -0.2) is 30.8 Å². The number of nitrogens with one attached hydrogen (secondary N) is 1. The highest BCUT2D eigenvalue weighted by molar-refractivity contribution is 6.03. The lowest BCUT2D eigenvalue weighted by atomic mass is 10.2. The number of furan rings is 1. The summed E-state index contributed by atoms with van der Waals surface area (Å²) in [5, 5.41) is 11.0. The van der Waals surface area contributed by atoms with Crippen LogP contribution in [0.3, 0.4) is 0 Å². The topological polar surface area (TPSA) is 121 Å². The fourth-order valence-electron chi connectivity index (χ4n) is 3.39. The molecule has 34 heavy (non-hydrogen) atoms. The van der Waals surface area contributed by atoms with Gasteiger partial charge in [0.2, 0.25) is 11.6 Å². The van der Waals surface area contributed by atoms with E-state index >= 15 is 0 Å². The second-order valence-corrected chi connectivity index (χ2v) is 7.58. The van der Waals surface area contributed by atoms with Crippen LogP contribution in [0.5, 0.6) is 11.6 Å². The Kier molecular flexibility index (Phi) is 5.38. The smallest absolute Gasteiger partial charge is 0.277 e. The minimum absolute atomic E-state index is 0.139. The molecule has 0 aliphatic carbocycles. The molecule has 4 heterocycles. The van der Waals surface area contributed by atoms with Gasteiger partial charge in [0.25, 0.3) is 5.91 Å². The summed E-state index contributed by atoms with van der Waals surface area (Å²) in [6, 6.07) is 15.6. The fraction of sp³-hybridized carbons (Fsp3) is 0.125. The van der Waals surface area contributed by atoms with Gasteiger partial charge in [-0.25, -0.2) is 9.67 Å². The quantitative estimate of drug-likeness (QED) is 0.384. The number of ether oxygens (including phenoxy) is 1. The van der Waals surface area contributed by atoms with Gasteiger partial charge in [0.15, 0.2) is 17.3 Å². The van der Waals surface area contributed by atoms with Gasteiger partial charge in [-0.3, -0.25) is 4.79 Å². The number of rotatable bonds is 6. The van der Waals surface area contributed by atoms with Crippen molar-refractivity contribution in [3.63, 3.8) is 0 Å². The molecule has 0 fully saturated rings. The summed E-state index contributed by atoms with van der Waals surface area (Å²) in [6.45, 7) is 5.68. The normalized spacial score (nSPS) is 10.9. The number of carbonyl (C=O) groups excluding carboxylic acids is 1. The highest BCUT2D eigenvalue weighted by Crippen LogP contribution is 2.25. The average Bonchev–Trinajstić information content (AvgIpc) is 3.55. The van der Waals surface area contributed by atoms with E-state index in [1.807, 2.05) is 19.9 Å². The van der Waals surface area contributed by atoms with Crippen LogP contribution in [0.25, 0.3) is 17.3 Å². The molecule has 1 N–H and O–H groups in total. The Hall–Kier alpha value is -4.73. The Morgan fingerprint density at radius 3 is 2.53 bits per heavy atom. The molecule has 0 saturated heterocycles. The number of carbonyl (C=O) groups is 1. The van der Waals surface area contributed by atoms with E-state index in [-0.39, 0.29) is 5.69 Å². The molecule has 0 bridgehead atoms. The molecular formula is C24H20N6O4. The van der Waals surface area contributed by atoms with E-state index in [4.69, 9.17) is 13.7 Å². The second kappa shape index (κ2) is 8.66. The van der Waals surface area contributed by atoms with Crippen LogP contribution >= 0.6 is 0 Å². The highest BCUT2D eigenvalue weighted by Gasteiger charge is 2.16. The molecule has 5 rings (SSSR count). The van der Waals surface area contributed by atoms with Gasteiger partial charge in [-0.05, 0) is 63.2 Å². The standard InChI is InChI=1S/C24H20N6O4/c1-14-11-15(2)30(28-14)22-13-23(26-16(3)25-22)33-18-8-6-17(7-9-18)27-24(31)19-12-21(34-29-19)20-5-4-10-32-20/h4-13H,1-3H3,(H,27,31). The number of anilines is 1. The number of aryl methyl sites for hydroxylation is 3. The average molecular weight is 456 g/mol. The van der Waals surface area contributed by atoms with Gasteiger partial charge in [-0.15, -0.1) is 0 Å². The summed E-state index contributed by atoms with van der Waals surface area (Å²) in [7, 11) is 0. The molecule has 5 aromatic rings. The van der Waals surface area contributed by atoms with Crippen molar-refractivity contribution in [2.24, 2.45) is 0 Å². The summed E-state index contributed by atoms with van der Waals surface area (Å²) in [4.78, 5) is 21.3. The molecule has 10 heteroatoms. The van der Waals surface area contributed by atoms with Gasteiger partial charge in [0.1, 0.15) is 11.6 Å². The first-order valence-electron chi connectivity index (χ1n) is 10.4. The number of benzene rings is 1. The fourth-order valence-corrected chi connectivity index (χ4v) is 3.39. The summed E-state index contributed by atoms with van der Waals surface area (Å²) in [6.07, 6.45) is 1.52. The van der Waals surface area contributed by atoms with Crippen LogP contribution in [0.2, 0.25) is 0 Å². The Labute approximate surface area is 194 Å². The summed E-state index contributed by atoms with van der Waals surface area (Å²) in [5.41, 5.74) is 2.57. The highest BCUT2D eigenvalue weighted by atomic mass is 16.5. The molecule has 1 aromatic carbocycles. The molecule has 0 aliphatic rings. The maximum Gasteiger partial charge on any atom is 0.277 e. The molecule has 0 spiro atoms. The zero-order chi connectivity index (χ0) is 23.7. The third-order valence-electron chi connectivity index (χ3n) is 4.87. The van der Waals surface area contributed by atoms with E-state index in [1.54, 1.807) is 54.1 Å². The molecule has 4 aromatic heterocycles. The third kappa shape index (κ3) is 4.42. The van der Waals surface area contributed by atoms with Gasteiger partial charge in [-0.1, -0.05) is 5.16 Å². The molecule has 0 aliphatic heterocycles.